The molecule has 1 aliphatic carbocycles. The maximum absolute atomic E-state index is 13.7. The van der Waals surface area contributed by atoms with Gasteiger partial charge in [0.05, 0.1) is 5.56 Å². The maximum Gasteiger partial charge on any atom is 0.416 e. The van der Waals surface area contributed by atoms with Gasteiger partial charge in [-0.05, 0) is 69.1 Å². The first kappa shape index (κ1) is 27.7. The first-order chi connectivity index (χ1) is 19.1. The van der Waals surface area contributed by atoms with Crippen LogP contribution in [-0.2, 0) is 22.9 Å². The van der Waals surface area contributed by atoms with Crippen molar-refractivity contribution >= 4 is 16.1 Å². The Morgan fingerprint density at radius 1 is 0.975 bits per heavy atom. The molecule has 3 saturated heterocycles. The van der Waals surface area contributed by atoms with Crippen molar-refractivity contribution in [1.29, 1.82) is 0 Å². The molecule has 1 amide bonds. The molecule has 9 nitrogen and oxygen atoms in total. The van der Waals surface area contributed by atoms with Crippen LogP contribution in [0.2, 0.25) is 0 Å². The third kappa shape index (κ3) is 5.79. The molecule has 1 aromatic carbocycles. The Balaban J connectivity index is 0.992. The molecule has 2 bridgehead atoms. The second kappa shape index (κ2) is 10.7. The molecule has 3 aliphatic heterocycles. The molecular weight excluding hydrogens is 547 g/mol. The van der Waals surface area contributed by atoms with Crippen LogP contribution in [0, 0.1) is 0 Å². The molecule has 3 atom stereocenters. The number of hydrogen-bond acceptors (Lipinski definition) is 6. The SMILES string of the molecule is O=C(N[C@H]1C[C@H]2CC[C@@H](C1)N2S(=O)(=O)N1CCC(NCc2ccc(C(F)(F)F)cc2)CC1)c1cc(C2CC2)on1. The van der Waals surface area contributed by atoms with Gasteiger partial charge in [0.1, 0.15) is 5.76 Å². The van der Waals surface area contributed by atoms with E-state index in [0.717, 1.165) is 49.1 Å². The van der Waals surface area contributed by atoms with Crippen LogP contribution >= 0.6 is 0 Å². The smallest absolute Gasteiger partial charge is 0.360 e. The van der Waals surface area contributed by atoms with E-state index in [1.807, 2.05) is 0 Å². The summed E-state index contributed by atoms with van der Waals surface area (Å²) in [6.07, 6.45) is 1.70. The van der Waals surface area contributed by atoms with Gasteiger partial charge in [-0.15, -0.1) is 0 Å². The Kier molecular flexibility index (Phi) is 7.43. The summed E-state index contributed by atoms with van der Waals surface area (Å²) in [4.78, 5) is 12.7. The van der Waals surface area contributed by atoms with Crippen LogP contribution in [0.25, 0.3) is 0 Å². The number of rotatable bonds is 8. The van der Waals surface area contributed by atoms with Crippen LogP contribution in [0.15, 0.2) is 34.9 Å². The predicted molar refractivity (Wildman–Crippen MR) is 139 cm³/mol. The molecule has 218 valence electrons. The maximum atomic E-state index is 13.7. The van der Waals surface area contributed by atoms with Crippen molar-refractivity contribution < 1.29 is 30.9 Å². The van der Waals surface area contributed by atoms with Gasteiger partial charge < -0.3 is 15.2 Å². The van der Waals surface area contributed by atoms with Crippen molar-refractivity contribution in [3.05, 3.63) is 52.9 Å². The molecule has 2 N–H and O–H groups in total. The molecular formula is C27H34F3N5O4S. The number of nitrogens with zero attached hydrogens (tertiary/aromatic N) is 3. The van der Waals surface area contributed by atoms with E-state index in [-0.39, 0.29) is 35.8 Å². The number of piperidine rings is 2. The van der Waals surface area contributed by atoms with E-state index >= 15 is 0 Å². The largest absolute Gasteiger partial charge is 0.416 e. The van der Waals surface area contributed by atoms with Crippen molar-refractivity contribution in [2.75, 3.05) is 13.1 Å². The Morgan fingerprint density at radius 3 is 2.23 bits per heavy atom. The minimum Gasteiger partial charge on any atom is -0.360 e. The number of benzene rings is 1. The van der Waals surface area contributed by atoms with E-state index in [4.69, 9.17) is 4.52 Å². The summed E-state index contributed by atoms with van der Waals surface area (Å²) in [6.45, 7) is 1.20. The highest BCUT2D eigenvalue weighted by Gasteiger charge is 2.49. The van der Waals surface area contributed by atoms with E-state index < -0.39 is 21.9 Å². The standard InChI is InChI=1S/C27H34F3N5O4S/c28-27(29,30)19-5-1-17(2-6-19)16-31-20-9-11-34(12-10-20)40(37,38)35-22-7-8-23(35)14-21(13-22)32-26(36)24-15-25(39-33-24)18-3-4-18/h1-2,5-6,15,18,20-23,31H,3-4,7-14,16H2,(H,32,36)/t21-,22+,23-. The predicted octanol–water partition coefficient (Wildman–Crippen LogP) is 3.80. The lowest BCUT2D eigenvalue weighted by Gasteiger charge is -2.42. The summed E-state index contributed by atoms with van der Waals surface area (Å²) >= 11 is 0. The van der Waals surface area contributed by atoms with Crippen molar-refractivity contribution in [2.24, 2.45) is 0 Å². The number of hydrogen-bond donors (Lipinski definition) is 2. The number of amides is 1. The first-order valence-electron chi connectivity index (χ1n) is 14.0. The molecule has 2 aromatic rings. The summed E-state index contributed by atoms with van der Waals surface area (Å²) in [5, 5.41) is 10.3. The fourth-order valence-electron chi connectivity index (χ4n) is 6.34. The summed E-state index contributed by atoms with van der Waals surface area (Å²) in [7, 11) is -3.64. The van der Waals surface area contributed by atoms with Crippen molar-refractivity contribution in [2.45, 2.75) is 94.2 Å². The molecule has 4 fully saturated rings. The van der Waals surface area contributed by atoms with Gasteiger partial charge in [-0.3, -0.25) is 4.79 Å². The second-order valence-corrected chi connectivity index (χ2v) is 13.3. The number of carbonyl (C=O) groups excluding carboxylic acids is 1. The summed E-state index contributed by atoms with van der Waals surface area (Å²) < 4.78 is 74.2. The molecule has 0 unspecified atom stereocenters. The monoisotopic (exact) mass is 581 g/mol. The van der Waals surface area contributed by atoms with Gasteiger partial charge in [-0.25, -0.2) is 0 Å². The lowest BCUT2D eigenvalue weighted by atomic mass is 9.99. The van der Waals surface area contributed by atoms with E-state index in [2.05, 4.69) is 15.8 Å². The van der Waals surface area contributed by atoms with Crippen LogP contribution in [0.4, 0.5) is 13.2 Å². The number of carbonyl (C=O) groups is 1. The molecule has 13 heteroatoms. The zero-order valence-electron chi connectivity index (χ0n) is 22.1. The van der Waals surface area contributed by atoms with Crippen LogP contribution < -0.4 is 10.6 Å². The van der Waals surface area contributed by atoms with E-state index in [1.165, 1.54) is 12.1 Å². The number of aromatic nitrogens is 1. The molecule has 1 aromatic heterocycles. The van der Waals surface area contributed by atoms with Gasteiger partial charge in [0.15, 0.2) is 5.69 Å². The molecule has 40 heavy (non-hydrogen) atoms. The second-order valence-electron chi connectivity index (χ2n) is 11.5. The third-order valence-corrected chi connectivity index (χ3v) is 10.8. The van der Waals surface area contributed by atoms with Gasteiger partial charge >= 0.3 is 6.18 Å². The molecule has 1 saturated carbocycles. The summed E-state index contributed by atoms with van der Waals surface area (Å²) in [5.74, 6) is 0.852. The van der Waals surface area contributed by atoms with Crippen molar-refractivity contribution in [3.63, 3.8) is 0 Å². The van der Waals surface area contributed by atoms with Gasteiger partial charge in [0, 0.05) is 55.8 Å². The Morgan fingerprint density at radius 2 is 1.62 bits per heavy atom. The number of alkyl halides is 3. The van der Waals surface area contributed by atoms with Crippen LogP contribution in [0.1, 0.15) is 84.7 Å². The summed E-state index contributed by atoms with van der Waals surface area (Å²) in [5.41, 5.74) is 0.355. The van der Waals surface area contributed by atoms with E-state index in [9.17, 15) is 26.4 Å². The normalized spacial score (nSPS) is 26.7. The highest BCUT2D eigenvalue weighted by molar-refractivity contribution is 7.86. The number of nitrogens with one attached hydrogen (secondary N) is 2. The lowest BCUT2D eigenvalue weighted by molar-refractivity contribution is -0.137. The van der Waals surface area contributed by atoms with Gasteiger partial charge in [-0.2, -0.15) is 30.2 Å². The lowest BCUT2D eigenvalue weighted by Crippen LogP contribution is -2.57. The first-order valence-corrected chi connectivity index (χ1v) is 15.4. The van der Waals surface area contributed by atoms with Crippen molar-refractivity contribution in [3.8, 4) is 0 Å². The minimum absolute atomic E-state index is 0.0865. The minimum atomic E-state index is -4.36. The molecule has 0 radical (unpaired) electrons. The van der Waals surface area contributed by atoms with Gasteiger partial charge in [0.25, 0.3) is 16.1 Å². The Hall–Kier alpha value is -2.48. The van der Waals surface area contributed by atoms with E-state index in [1.54, 1.807) is 14.7 Å². The summed E-state index contributed by atoms with van der Waals surface area (Å²) in [6, 6.07) is 6.48. The molecule has 4 aliphatic rings. The van der Waals surface area contributed by atoms with E-state index in [0.29, 0.717) is 51.2 Å². The Bertz CT molecular complexity index is 1310. The van der Waals surface area contributed by atoms with Crippen molar-refractivity contribution in [1.82, 2.24) is 24.4 Å². The average Bonchev–Trinajstić information content (AvgIpc) is 3.58. The molecule has 6 rings (SSSR count). The zero-order chi connectivity index (χ0) is 28.1. The average molecular weight is 582 g/mol. The van der Waals surface area contributed by atoms with Gasteiger partial charge in [0.2, 0.25) is 0 Å². The fourth-order valence-corrected chi connectivity index (χ4v) is 8.42. The Labute approximate surface area is 231 Å². The van der Waals surface area contributed by atoms with Crippen LogP contribution in [0.5, 0.6) is 0 Å². The molecule has 4 heterocycles. The quantitative estimate of drug-likeness (QED) is 0.491. The van der Waals surface area contributed by atoms with Gasteiger partial charge in [-0.1, -0.05) is 17.3 Å². The highest BCUT2D eigenvalue weighted by atomic mass is 32.2. The van der Waals surface area contributed by atoms with Crippen LogP contribution in [0.3, 0.4) is 0 Å². The highest BCUT2D eigenvalue weighted by Crippen LogP contribution is 2.41. The fraction of sp³-hybridized carbons (Fsp3) is 0.630. The zero-order valence-corrected chi connectivity index (χ0v) is 22.9. The topological polar surface area (TPSA) is 108 Å². The van der Waals surface area contributed by atoms with Crippen LogP contribution in [-0.4, -0.2) is 65.3 Å². The molecule has 0 spiro atoms. The third-order valence-electron chi connectivity index (χ3n) is 8.66. The number of halogens is 3. The number of fused-ring (bicyclic) bond motifs is 2.